The molecule has 0 aromatic heterocycles. The molecule has 6 aromatic rings. The van der Waals surface area contributed by atoms with Crippen LogP contribution in [0.4, 0.5) is 0 Å². The van der Waals surface area contributed by atoms with Crippen molar-refractivity contribution in [2.75, 3.05) is 28.2 Å². The lowest BCUT2D eigenvalue weighted by Crippen LogP contribution is -2.50. The van der Waals surface area contributed by atoms with Gasteiger partial charge in [0.15, 0.2) is 11.4 Å². The third-order valence-electron chi connectivity index (χ3n) is 9.81. The average Bonchev–Trinajstić information content (AvgIpc) is 3.15. The molecule has 0 heterocycles. The number of hydrogen-bond acceptors (Lipinski definition) is 6. The number of rotatable bonds is 12. The lowest BCUT2D eigenvalue weighted by atomic mass is 9.91. The van der Waals surface area contributed by atoms with E-state index in [1.165, 1.54) is 0 Å². The van der Waals surface area contributed by atoms with Crippen molar-refractivity contribution in [2.45, 2.75) is 37.1 Å². The summed E-state index contributed by atoms with van der Waals surface area (Å²) in [7, 11) is 7.47. The molecule has 0 spiro atoms. The van der Waals surface area contributed by atoms with Crippen molar-refractivity contribution in [2.24, 2.45) is 0 Å². The van der Waals surface area contributed by atoms with E-state index >= 15 is 0 Å². The van der Waals surface area contributed by atoms with Crippen molar-refractivity contribution in [1.29, 1.82) is 0 Å². The maximum absolute atomic E-state index is 14.1. The molecule has 6 aromatic carbocycles. The highest BCUT2D eigenvalue weighted by molar-refractivity contribution is 6.30. The molecule has 0 aliphatic carbocycles. The maximum atomic E-state index is 14.1. The predicted molar refractivity (Wildman–Crippen MR) is 200 cm³/mol. The Labute approximate surface area is 294 Å². The van der Waals surface area contributed by atoms with Gasteiger partial charge in [0.25, 0.3) is 0 Å². The summed E-state index contributed by atoms with van der Waals surface area (Å²) in [6.07, 6.45) is 2.03. The highest BCUT2D eigenvalue weighted by atomic mass is 16.6. The highest BCUT2D eigenvalue weighted by Gasteiger charge is 2.45. The van der Waals surface area contributed by atoms with Crippen molar-refractivity contribution >= 4 is 33.5 Å². The Morgan fingerprint density at radius 2 is 0.800 bits per heavy atom. The Morgan fingerprint density at radius 3 is 1.18 bits per heavy atom. The fraction of sp³-hybridized carbons (Fsp3) is 0.227. The summed E-state index contributed by atoms with van der Waals surface area (Å²) in [6, 6.07) is 48.2. The number of benzene rings is 6. The van der Waals surface area contributed by atoms with E-state index in [0.29, 0.717) is 25.7 Å². The van der Waals surface area contributed by atoms with E-state index in [0.717, 1.165) is 43.8 Å². The standard InChI is InChI=1S/C44H44N2O4/c1-45(2)43(37-23-7-5-8-24-37,31-29-35-21-15-19-33-17-11-13-27-39(33)35)49-41(47)42(48)50-44(46(3)4,38-25-9-6-10-26-38)32-30-36-22-16-20-34-18-12-14-28-40(34)36/h5-28H,29-32H2,1-4H3. The first-order chi connectivity index (χ1) is 24.2. The molecule has 0 bridgehead atoms. The maximum Gasteiger partial charge on any atom is 0.419 e. The van der Waals surface area contributed by atoms with Crippen molar-refractivity contribution in [3.05, 3.63) is 168 Å². The first kappa shape index (κ1) is 34.6. The van der Waals surface area contributed by atoms with Crippen LogP contribution < -0.4 is 0 Å². The minimum atomic E-state index is -1.25. The summed E-state index contributed by atoms with van der Waals surface area (Å²) in [5, 5.41) is 4.58. The van der Waals surface area contributed by atoms with Crippen LogP contribution in [0.1, 0.15) is 35.1 Å². The zero-order valence-electron chi connectivity index (χ0n) is 29.2. The van der Waals surface area contributed by atoms with Gasteiger partial charge in [-0.05, 0) is 73.7 Å². The Kier molecular flexibility index (Phi) is 10.4. The van der Waals surface area contributed by atoms with Crippen LogP contribution in [0.25, 0.3) is 21.5 Å². The quantitative estimate of drug-likeness (QED) is 0.0743. The number of hydrogen-bond donors (Lipinski definition) is 0. The molecule has 0 saturated carbocycles. The normalized spacial score (nSPS) is 14.0. The van der Waals surface area contributed by atoms with Crippen molar-refractivity contribution in [3.63, 3.8) is 0 Å². The van der Waals surface area contributed by atoms with E-state index in [1.54, 1.807) is 0 Å². The van der Waals surface area contributed by atoms with E-state index in [1.807, 2.05) is 135 Å². The monoisotopic (exact) mass is 664 g/mol. The number of esters is 2. The Morgan fingerprint density at radius 1 is 0.460 bits per heavy atom. The first-order valence-electron chi connectivity index (χ1n) is 17.1. The number of aryl methyl sites for hydroxylation is 2. The topological polar surface area (TPSA) is 59.1 Å². The molecular formula is C44H44N2O4. The summed E-state index contributed by atoms with van der Waals surface area (Å²) < 4.78 is 12.7. The third kappa shape index (κ3) is 7.04. The number of carbonyl (C=O) groups is 2. The molecular weight excluding hydrogens is 620 g/mol. The summed E-state index contributed by atoms with van der Waals surface area (Å²) in [6.45, 7) is 0. The minimum Gasteiger partial charge on any atom is -0.431 e. The fourth-order valence-electron chi connectivity index (χ4n) is 7.07. The molecule has 2 unspecified atom stereocenters. The molecule has 0 N–H and O–H groups in total. The van der Waals surface area contributed by atoms with Gasteiger partial charge in [0.1, 0.15) is 0 Å². The Balaban J connectivity index is 1.32. The summed E-state index contributed by atoms with van der Waals surface area (Å²) >= 11 is 0. The molecule has 0 aliphatic heterocycles. The average molecular weight is 665 g/mol. The van der Waals surface area contributed by atoms with Crippen LogP contribution in [-0.4, -0.2) is 49.9 Å². The molecule has 0 aliphatic rings. The van der Waals surface area contributed by atoms with Crippen LogP contribution in [0, 0.1) is 0 Å². The van der Waals surface area contributed by atoms with E-state index < -0.39 is 23.4 Å². The lowest BCUT2D eigenvalue weighted by molar-refractivity contribution is -0.211. The van der Waals surface area contributed by atoms with Gasteiger partial charge in [0, 0.05) is 24.0 Å². The number of ether oxygens (including phenoxy) is 2. The Hall–Kier alpha value is -5.30. The molecule has 0 fully saturated rings. The van der Waals surface area contributed by atoms with Gasteiger partial charge < -0.3 is 9.47 Å². The van der Waals surface area contributed by atoms with Crippen molar-refractivity contribution < 1.29 is 19.1 Å². The van der Waals surface area contributed by atoms with E-state index in [4.69, 9.17) is 9.47 Å². The zero-order valence-corrected chi connectivity index (χ0v) is 29.2. The summed E-state index contributed by atoms with van der Waals surface area (Å²) in [4.78, 5) is 31.9. The van der Waals surface area contributed by atoms with E-state index in [9.17, 15) is 9.59 Å². The smallest absolute Gasteiger partial charge is 0.419 e. The van der Waals surface area contributed by atoms with Gasteiger partial charge in [-0.1, -0.05) is 146 Å². The minimum absolute atomic E-state index is 0.412. The molecule has 2 atom stereocenters. The van der Waals surface area contributed by atoms with Crippen LogP contribution in [0.3, 0.4) is 0 Å². The first-order valence-corrected chi connectivity index (χ1v) is 17.1. The molecule has 0 amide bonds. The second-order valence-electron chi connectivity index (χ2n) is 13.1. The molecule has 0 saturated heterocycles. The van der Waals surface area contributed by atoms with E-state index in [2.05, 4.69) is 48.5 Å². The second kappa shape index (κ2) is 15.1. The molecule has 6 rings (SSSR count). The highest BCUT2D eigenvalue weighted by Crippen LogP contribution is 2.37. The third-order valence-corrected chi connectivity index (χ3v) is 9.81. The molecule has 254 valence electrons. The molecule has 6 heteroatoms. The summed E-state index contributed by atoms with van der Waals surface area (Å²) in [5.74, 6) is -2.10. The summed E-state index contributed by atoms with van der Waals surface area (Å²) in [5.41, 5.74) is 1.31. The van der Waals surface area contributed by atoms with E-state index in [-0.39, 0.29) is 0 Å². The van der Waals surface area contributed by atoms with Gasteiger partial charge in [-0.2, -0.15) is 0 Å². The predicted octanol–water partition coefficient (Wildman–Crippen LogP) is 8.47. The zero-order chi connectivity index (χ0) is 35.1. The Bertz CT molecular complexity index is 1920. The van der Waals surface area contributed by atoms with Crippen LogP contribution in [0.15, 0.2) is 146 Å². The van der Waals surface area contributed by atoms with Gasteiger partial charge >= 0.3 is 11.9 Å². The fourth-order valence-corrected chi connectivity index (χ4v) is 7.07. The van der Waals surface area contributed by atoms with Gasteiger partial charge in [-0.15, -0.1) is 0 Å². The van der Waals surface area contributed by atoms with Crippen molar-refractivity contribution in [1.82, 2.24) is 9.80 Å². The number of carbonyl (C=O) groups excluding carboxylic acids is 2. The van der Waals surface area contributed by atoms with Gasteiger partial charge in [-0.25, -0.2) is 9.59 Å². The molecule has 50 heavy (non-hydrogen) atoms. The van der Waals surface area contributed by atoms with Crippen LogP contribution in [0.5, 0.6) is 0 Å². The molecule has 0 radical (unpaired) electrons. The van der Waals surface area contributed by atoms with Crippen LogP contribution >= 0.6 is 0 Å². The van der Waals surface area contributed by atoms with Crippen LogP contribution in [-0.2, 0) is 43.4 Å². The van der Waals surface area contributed by atoms with Gasteiger partial charge in [0.2, 0.25) is 0 Å². The van der Waals surface area contributed by atoms with Crippen molar-refractivity contribution in [3.8, 4) is 0 Å². The lowest BCUT2D eigenvalue weighted by Gasteiger charge is -2.41. The molecule has 6 nitrogen and oxygen atoms in total. The largest absolute Gasteiger partial charge is 0.431 e. The van der Waals surface area contributed by atoms with Gasteiger partial charge in [0.05, 0.1) is 0 Å². The van der Waals surface area contributed by atoms with Crippen LogP contribution in [0.2, 0.25) is 0 Å². The number of nitrogens with zero attached hydrogens (tertiary/aromatic N) is 2. The SMILES string of the molecule is CN(C)C(CCc1cccc2ccccc12)(OC(=O)C(=O)OC(CCc1cccc2ccccc12)(c1ccccc1)N(C)C)c1ccccc1. The second-order valence-corrected chi connectivity index (χ2v) is 13.1. The number of fused-ring (bicyclic) bond motifs is 2. The van der Waals surface area contributed by atoms with Gasteiger partial charge in [-0.3, -0.25) is 9.80 Å².